The lowest BCUT2D eigenvalue weighted by atomic mass is 10.0. The largest absolute Gasteiger partial charge is 0.342 e. The van der Waals surface area contributed by atoms with Gasteiger partial charge in [0.25, 0.3) is 0 Å². The average Bonchev–Trinajstić information content (AvgIpc) is 2.46. The minimum absolute atomic E-state index is 0.109. The number of rotatable bonds is 3. The molecule has 1 saturated heterocycles. The van der Waals surface area contributed by atoms with Crippen LogP contribution in [0.1, 0.15) is 20.8 Å². The van der Waals surface area contributed by atoms with Gasteiger partial charge >= 0.3 is 0 Å². The lowest BCUT2D eigenvalue weighted by Gasteiger charge is -2.20. The Morgan fingerprint density at radius 2 is 1.93 bits per heavy atom. The summed E-state index contributed by atoms with van der Waals surface area (Å²) in [5, 5.41) is 3.05. The van der Waals surface area contributed by atoms with Crippen molar-refractivity contribution >= 4 is 5.91 Å². The van der Waals surface area contributed by atoms with Crippen molar-refractivity contribution in [3.63, 3.8) is 0 Å². The van der Waals surface area contributed by atoms with Crippen LogP contribution in [0, 0.1) is 17.8 Å². The van der Waals surface area contributed by atoms with E-state index >= 15 is 0 Å². The zero-order valence-electron chi connectivity index (χ0n) is 9.71. The lowest BCUT2D eigenvalue weighted by Crippen LogP contribution is -2.37. The van der Waals surface area contributed by atoms with E-state index < -0.39 is 0 Å². The summed E-state index contributed by atoms with van der Waals surface area (Å²) in [6.45, 7) is 9.09. The van der Waals surface area contributed by atoms with Crippen LogP contribution in [0.5, 0.6) is 0 Å². The summed E-state index contributed by atoms with van der Waals surface area (Å²) in [5.41, 5.74) is 0. The SMILES string of the molecule is CNCC(C)C(=O)N1CC(C)C(C)C1. The van der Waals surface area contributed by atoms with Gasteiger partial charge in [0, 0.05) is 25.6 Å². The number of carbonyl (C=O) groups is 1. The molecule has 1 N–H and O–H groups in total. The standard InChI is InChI=1S/C11H22N2O/c1-8(5-12-4)11(14)13-6-9(2)10(3)7-13/h8-10,12H,5-7H2,1-4H3. The molecule has 1 aliphatic heterocycles. The molecule has 3 heteroatoms. The van der Waals surface area contributed by atoms with Gasteiger partial charge in [-0.05, 0) is 18.9 Å². The third kappa shape index (κ3) is 2.47. The van der Waals surface area contributed by atoms with Gasteiger partial charge in [-0.15, -0.1) is 0 Å². The lowest BCUT2D eigenvalue weighted by molar-refractivity contribution is -0.133. The zero-order chi connectivity index (χ0) is 10.7. The molecule has 3 atom stereocenters. The maximum atomic E-state index is 11.9. The Labute approximate surface area is 86.9 Å². The van der Waals surface area contributed by atoms with Crippen LogP contribution in [0.2, 0.25) is 0 Å². The Morgan fingerprint density at radius 3 is 2.36 bits per heavy atom. The van der Waals surface area contributed by atoms with E-state index in [0.717, 1.165) is 19.6 Å². The molecular weight excluding hydrogens is 176 g/mol. The van der Waals surface area contributed by atoms with Crippen molar-refractivity contribution in [2.24, 2.45) is 17.8 Å². The first-order valence-corrected chi connectivity index (χ1v) is 5.49. The smallest absolute Gasteiger partial charge is 0.226 e. The molecule has 0 bridgehead atoms. The molecule has 0 radical (unpaired) electrons. The van der Waals surface area contributed by atoms with Crippen molar-refractivity contribution in [1.82, 2.24) is 10.2 Å². The van der Waals surface area contributed by atoms with Gasteiger partial charge in [0.2, 0.25) is 5.91 Å². The van der Waals surface area contributed by atoms with Gasteiger partial charge in [-0.1, -0.05) is 20.8 Å². The van der Waals surface area contributed by atoms with Crippen molar-refractivity contribution in [2.75, 3.05) is 26.7 Å². The number of hydrogen-bond donors (Lipinski definition) is 1. The molecule has 0 aromatic rings. The molecule has 0 aliphatic carbocycles. The number of hydrogen-bond acceptors (Lipinski definition) is 2. The molecule has 1 amide bonds. The molecule has 1 aliphatic rings. The van der Waals surface area contributed by atoms with Crippen LogP contribution in [0.4, 0.5) is 0 Å². The fraction of sp³-hybridized carbons (Fsp3) is 0.909. The molecule has 0 aromatic heterocycles. The maximum absolute atomic E-state index is 11.9. The van der Waals surface area contributed by atoms with Crippen LogP contribution in [0.25, 0.3) is 0 Å². The van der Waals surface area contributed by atoms with E-state index in [1.165, 1.54) is 0 Å². The Balaban J connectivity index is 2.46. The van der Waals surface area contributed by atoms with Gasteiger partial charge in [0.15, 0.2) is 0 Å². The Bertz CT molecular complexity index is 195. The topological polar surface area (TPSA) is 32.3 Å². The monoisotopic (exact) mass is 198 g/mol. The fourth-order valence-corrected chi connectivity index (χ4v) is 2.01. The van der Waals surface area contributed by atoms with Gasteiger partial charge in [0.05, 0.1) is 0 Å². The molecule has 14 heavy (non-hydrogen) atoms. The van der Waals surface area contributed by atoms with E-state index in [2.05, 4.69) is 19.2 Å². The Hall–Kier alpha value is -0.570. The van der Waals surface area contributed by atoms with Crippen LogP contribution in [-0.2, 0) is 4.79 Å². The van der Waals surface area contributed by atoms with E-state index in [0.29, 0.717) is 17.7 Å². The van der Waals surface area contributed by atoms with Crippen LogP contribution >= 0.6 is 0 Å². The molecule has 3 nitrogen and oxygen atoms in total. The Morgan fingerprint density at radius 1 is 1.43 bits per heavy atom. The van der Waals surface area contributed by atoms with Crippen molar-refractivity contribution < 1.29 is 4.79 Å². The molecular formula is C11H22N2O. The predicted octanol–water partition coefficient (Wildman–Crippen LogP) is 0.956. The van der Waals surface area contributed by atoms with E-state index in [1.807, 2.05) is 18.9 Å². The highest BCUT2D eigenvalue weighted by atomic mass is 16.2. The minimum atomic E-state index is 0.109. The number of nitrogens with zero attached hydrogens (tertiary/aromatic N) is 1. The molecule has 1 fully saturated rings. The van der Waals surface area contributed by atoms with Gasteiger partial charge in [-0.2, -0.15) is 0 Å². The van der Waals surface area contributed by atoms with Crippen LogP contribution in [0.3, 0.4) is 0 Å². The molecule has 0 spiro atoms. The number of carbonyl (C=O) groups excluding carboxylic acids is 1. The van der Waals surface area contributed by atoms with Crippen LogP contribution < -0.4 is 5.32 Å². The molecule has 1 heterocycles. The predicted molar refractivity (Wildman–Crippen MR) is 58.0 cm³/mol. The van der Waals surface area contributed by atoms with E-state index in [4.69, 9.17) is 0 Å². The normalized spacial score (nSPS) is 29.3. The molecule has 3 unspecified atom stereocenters. The molecule has 1 rings (SSSR count). The summed E-state index contributed by atoms with van der Waals surface area (Å²) in [7, 11) is 1.89. The van der Waals surface area contributed by atoms with Crippen molar-refractivity contribution in [2.45, 2.75) is 20.8 Å². The summed E-state index contributed by atoms with van der Waals surface area (Å²) >= 11 is 0. The highest BCUT2D eigenvalue weighted by molar-refractivity contribution is 5.79. The molecule has 0 saturated carbocycles. The summed E-state index contributed by atoms with van der Waals surface area (Å²) in [4.78, 5) is 13.9. The van der Waals surface area contributed by atoms with Gasteiger partial charge in [0.1, 0.15) is 0 Å². The van der Waals surface area contributed by atoms with E-state index in [1.54, 1.807) is 0 Å². The Kier molecular flexibility index (Phi) is 3.93. The van der Waals surface area contributed by atoms with Gasteiger partial charge < -0.3 is 10.2 Å². The summed E-state index contributed by atoms with van der Waals surface area (Å²) in [6.07, 6.45) is 0. The van der Waals surface area contributed by atoms with Crippen LogP contribution in [-0.4, -0.2) is 37.5 Å². The zero-order valence-corrected chi connectivity index (χ0v) is 9.71. The van der Waals surface area contributed by atoms with Crippen LogP contribution in [0.15, 0.2) is 0 Å². The number of nitrogens with one attached hydrogen (secondary N) is 1. The maximum Gasteiger partial charge on any atom is 0.226 e. The van der Waals surface area contributed by atoms with Crippen molar-refractivity contribution in [3.8, 4) is 0 Å². The third-order valence-electron chi connectivity index (χ3n) is 3.23. The summed E-state index contributed by atoms with van der Waals surface area (Å²) < 4.78 is 0. The second-order valence-corrected chi connectivity index (χ2v) is 4.66. The average molecular weight is 198 g/mol. The van der Waals surface area contributed by atoms with E-state index in [-0.39, 0.29) is 5.92 Å². The summed E-state index contributed by atoms with van der Waals surface area (Å²) in [5.74, 6) is 1.72. The molecule has 0 aromatic carbocycles. The summed E-state index contributed by atoms with van der Waals surface area (Å²) in [6, 6.07) is 0. The van der Waals surface area contributed by atoms with Gasteiger partial charge in [-0.25, -0.2) is 0 Å². The number of likely N-dealkylation sites (tertiary alicyclic amines) is 1. The molecule has 82 valence electrons. The highest BCUT2D eigenvalue weighted by Crippen LogP contribution is 2.23. The first kappa shape index (κ1) is 11.5. The quantitative estimate of drug-likeness (QED) is 0.732. The third-order valence-corrected chi connectivity index (χ3v) is 3.23. The fourth-order valence-electron chi connectivity index (χ4n) is 2.01. The van der Waals surface area contributed by atoms with Crippen molar-refractivity contribution in [3.05, 3.63) is 0 Å². The number of amides is 1. The van der Waals surface area contributed by atoms with Gasteiger partial charge in [-0.3, -0.25) is 4.79 Å². The second kappa shape index (κ2) is 4.78. The highest BCUT2D eigenvalue weighted by Gasteiger charge is 2.31. The first-order chi connectivity index (χ1) is 6.56. The first-order valence-electron chi connectivity index (χ1n) is 5.49. The van der Waals surface area contributed by atoms with E-state index in [9.17, 15) is 4.79 Å². The minimum Gasteiger partial charge on any atom is -0.342 e. The second-order valence-electron chi connectivity index (χ2n) is 4.66. The van der Waals surface area contributed by atoms with Crippen molar-refractivity contribution in [1.29, 1.82) is 0 Å².